The lowest BCUT2D eigenvalue weighted by Gasteiger charge is -2.20. The molecule has 0 atom stereocenters. The van der Waals surface area contributed by atoms with E-state index in [2.05, 4.69) is 19.2 Å². The van der Waals surface area contributed by atoms with Gasteiger partial charge in [0.25, 0.3) is 0 Å². The van der Waals surface area contributed by atoms with Gasteiger partial charge in [-0.2, -0.15) is 0 Å². The predicted octanol–water partition coefficient (Wildman–Crippen LogP) is 3.11. The van der Waals surface area contributed by atoms with Crippen molar-refractivity contribution in [2.45, 2.75) is 20.3 Å². The fourth-order valence-electron chi connectivity index (χ4n) is 1.82. The van der Waals surface area contributed by atoms with Gasteiger partial charge in [0.15, 0.2) is 0 Å². The van der Waals surface area contributed by atoms with E-state index in [4.69, 9.17) is 0 Å². The van der Waals surface area contributed by atoms with Crippen LogP contribution in [0.2, 0.25) is 0 Å². The summed E-state index contributed by atoms with van der Waals surface area (Å²) in [5.74, 6) is 0. The van der Waals surface area contributed by atoms with E-state index in [0.29, 0.717) is 0 Å². The van der Waals surface area contributed by atoms with E-state index in [-0.39, 0.29) is 11.4 Å². The number of urea groups is 1. The van der Waals surface area contributed by atoms with Crippen molar-refractivity contribution in [2.24, 2.45) is 5.41 Å². The maximum Gasteiger partial charge on any atom is 0.322 e. The first-order valence-corrected chi connectivity index (χ1v) is 5.53. The Hall–Kier alpha value is -1.51. The Bertz CT molecular complexity index is 373. The number of anilines is 1. The Morgan fingerprint density at radius 1 is 1.31 bits per heavy atom. The molecule has 1 radical (unpaired) electrons. The Balaban J connectivity index is 1.95. The zero-order chi connectivity index (χ0) is 11.6. The first-order chi connectivity index (χ1) is 7.57. The molecule has 1 heterocycles. The predicted molar refractivity (Wildman–Crippen MR) is 64.9 cm³/mol. The van der Waals surface area contributed by atoms with E-state index < -0.39 is 0 Å². The van der Waals surface area contributed by atoms with Gasteiger partial charge >= 0.3 is 6.03 Å². The van der Waals surface area contributed by atoms with E-state index in [0.717, 1.165) is 18.7 Å². The van der Waals surface area contributed by atoms with Gasteiger partial charge in [0.1, 0.15) is 0 Å². The molecule has 2 rings (SSSR count). The van der Waals surface area contributed by atoms with Crippen LogP contribution in [0.3, 0.4) is 0 Å². The first kappa shape index (κ1) is 11.0. The van der Waals surface area contributed by atoms with Crippen LogP contribution in [0, 0.1) is 12.0 Å². The minimum atomic E-state index is -0.0447. The number of para-hydroxylation sites is 1. The molecule has 1 aliphatic heterocycles. The van der Waals surface area contributed by atoms with Gasteiger partial charge in [-0.25, -0.2) is 4.79 Å². The van der Waals surface area contributed by atoms with Gasteiger partial charge in [0.05, 0.1) is 6.54 Å². The summed E-state index contributed by atoms with van der Waals surface area (Å²) in [7, 11) is 0. The fourth-order valence-corrected chi connectivity index (χ4v) is 1.82. The summed E-state index contributed by atoms with van der Waals surface area (Å²) in [5, 5.41) is 2.88. The Morgan fingerprint density at radius 3 is 2.56 bits per heavy atom. The average molecular weight is 217 g/mol. The van der Waals surface area contributed by atoms with Crippen molar-refractivity contribution in [3.05, 3.63) is 36.9 Å². The van der Waals surface area contributed by atoms with Crippen LogP contribution in [0.4, 0.5) is 10.5 Å². The van der Waals surface area contributed by atoms with Gasteiger partial charge in [-0.05, 0) is 24.0 Å². The molecule has 3 nitrogen and oxygen atoms in total. The quantitative estimate of drug-likeness (QED) is 0.770. The first-order valence-electron chi connectivity index (χ1n) is 5.53. The number of carbonyl (C=O) groups is 1. The number of nitrogens with zero attached hydrogens (tertiary/aromatic N) is 1. The van der Waals surface area contributed by atoms with Gasteiger partial charge in [0.2, 0.25) is 0 Å². The van der Waals surface area contributed by atoms with Crippen molar-refractivity contribution in [2.75, 3.05) is 11.9 Å². The zero-order valence-electron chi connectivity index (χ0n) is 9.73. The second-order valence-electron chi connectivity index (χ2n) is 4.97. The number of amides is 2. The molecule has 2 amide bonds. The minimum Gasteiger partial charge on any atom is -0.319 e. The highest BCUT2D eigenvalue weighted by atomic mass is 16.2. The third kappa shape index (κ3) is 2.54. The molecule has 3 heteroatoms. The van der Waals surface area contributed by atoms with E-state index in [1.54, 1.807) is 4.90 Å². The number of benzene rings is 1. The maximum absolute atomic E-state index is 11.9. The lowest BCUT2D eigenvalue weighted by molar-refractivity contribution is 0.222. The van der Waals surface area contributed by atoms with Gasteiger partial charge in [0, 0.05) is 12.2 Å². The zero-order valence-corrected chi connectivity index (χ0v) is 9.73. The number of nitrogens with one attached hydrogen (secondary N) is 1. The smallest absolute Gasteiger partial charge is 0.319 e. The van der Waals surface area contributed by atoms with Crippen LogP contribution in [0.5, 0.6) is 0 Å². The third-order valence-electron chi connectivity index (χ3n) is 2.75. The second-order valence-corrected chi connectivity index (χ2v) is 4.97. The molecular formula is C13H17N2O. The molecule has 1 N–H and O–H groups in total. The highest BCUT2D eigenvalue weighted by Crippen LogP contribution is 2.31. The topological polar surface area (TPSA) is 32.3 Å². The fraction of sp³-hybridized carbons (Fsp3) is 0.385. The summed E-state index contributed by atoms with van der Waals surface area (Å²) in [6, 6.07) is 9.48. The van der Waals surface area contributed by atoms with Crippen LogP contribution in [0.25, 0.3) is 0 Å². The van der Waals surface area contributed by atoms with Crippen molar-refractivity contribution < 1.29 is 4.79 Å². The highest BCUT2D eigenvalue weighted by molar-refractivity contribution is 5.89. The lowest BCUT2D eigenvalue weighted by Crippen LogP contribution is -2.32. The van der Waals surface area contributed by atoms with Crippen molar-refractivity contribution in [1.29, 1.82) is 0 Å². The number of hydrogen-bond acceptors (Lipinski definition) is 1. The molecule has 0 aromatic heterocycles. The number of likely N-dealkylation sites (tertiary alicyclic amines) is 1. The Kier molecular flexibility index (Phi) is 2.86. The normalized spacial score (nSPS) is 18.5. The SMILES string of the molecule is CC1(C)C[CH]N(C(=O)Nc2ccccc2)C1. The van der Waals surface area contributed by atoms with Crippen LogP contribution in [0.15, 0.2) is 30.3 Å². The summed E-state index contributed by atoms with van der Waals surface area (Å²) in [6.07, 6.45) is 0.954. The van der Waals surface area contributed by atoms with Crippen molar-refractivity contribution in [3.8, 4) is 0 Å². The largest absolute Gasteiger partial charge is 0.322 e. The van der Waals surface area contributed by atoms with Crippen LogP contribution in [-0.2, 0) is 0 Å². The van der Waals surface area contributed by atoms with Crippen molar-refractivity contribution in [1.82, 2.24) is 4.90 Å². The monoisotopic (exact) mass is 217 g/mol. The molecule has 0 aliphatic carbocycles. The van der Waals surface area contributed by atoms with E-state index in [1.807, 2.05) is 36.9 Å². The number of carbonyl (C=O) groups excluding carboxylic acids is 1. The van der Waals surface area contributed by atoms with E-state index in [1.165, 1.54) is 0 Å². The van der Waals surface area contributed by atoms with Crippen molar-refractivity contribution >= 4 is 11.7 Å². The molecule has 0 bridgehead atoms. The summed E-state index contributed by atoms with van der Waals surface area (Å²) in [6.45, 7) is 7.09. The molecule has 0 spiro atoms. The lowest BCUT2D eigenvalue weighted by atomic mass is 9.93. The van der Waals surface area contributed by atoms with Gasteiger partial charge in [-0.3, -0.25) is 0 Å². The Morgan fingerprint density at radius 2 is 2.00 bits per heavy atom. The molecule has 0 unspecified atom stereocenters. The van der Waals surface area contributed by atoms with Crippen molar-refractivity contribution in [3.63, 3.8) is 0 Å². The summed E-state index contributed by atoms with van der Waals surface area (Å²) in [5.41, 5.74) is 1.04. The molecule has 85 valence electrons. The van der Waals surface area contributed by atoms with Gasteiger partial charge in [-0.15, -0.1) is 0 Å². The molecule has 1 aromatic rings. The standard InChI is InChI=1S/C13H17N2O/c1-13(2)8-9-15(10-13)12(16)14-11-6-4-3-5-7-11/h3-7,9H,8,10H2,1-2H3,(H,14,16). The van der Waals surface area contributed by atoms with E-state index in [9.17, 15) is 4.79 Å². The maximum atomic E-state index is 11.9. The molecule has 1 aliphatic rings. The molecular weight excluding hydrogens is 200 g/mol. The summed E-state index contributed by atoms with van der Waals surface area (Å²) in [4.78, 5) is 13.6. The molecule has 1 saturated heterocycles. The number of rotatable bonds is 1. The molecule has 16 heavy (non-hydrogen) atoms. The van der Waals surface area contributed by atoms with Crippen LogP contribution < -0.4 is 5.32 Å². The second kappa shape index (κ2) is 4.16. The van der Waals surface area contributed by atoms with Crippen LogP contribution in [-0.4, -0.2) is 17.5 Å². The van der Waals surface area contributed by atoms with Crippen LogP contribution in [0.1, 0.15) is 20.3 Å². The molecule has 1 fully saturated rings. The minimum absolute atomic E-state index is 0.0447. The van der Waals surface area contributed by atoms with Crippen LogP contribution >= 0.6 is 0 Å². The van der Waals surface area contributed by atoms with E-state index >= 15 is 0 Å². The van der Waals surface area contributed by atoms with Gasteiger partial charge < -0.3 is 10.2 Å². The highest BCUT2D eigenvalue weighted by Gasteiger charge is 2.32. The number of hydrogen-bond donors (Lipinski definition) is 1. The molecule has 0 saturated carbocycles. The summed E-state index contributed by atoms with van der Waals surface area (Å²) >= 11 is 0. The molecule has 1 aromatic carbocycles. The Labute approximate surface area is 96.5 Å². The summed E-state index contributed by atoms with van der Waals surface area (Å²) < 4.78 is 0. The third-order valence-corrected chi connectivity index (χ3v) is 2.75. The van der Waals surface area contributed by atoms with Gasteiger partial charge in [-0.1, -0.05) is 32.0 Å². The average Bonchev–Trinajstić information content (AvgIpc) is 2.60.